The van der Waals surface area contributed by atoms with Crippen molar-refractivity contribution in [2.75, 3.05) is 27.2 Å². The minimum atomic E-state index is -0.922. The van der Waals surface area contributed by atoms with Crippen LogP contribution in [0.4, 0.5) is 4.79 Å². The summed E-state index contributed by atoms with van der Waals surface area (Å²) in [6, 6.07) is 0.272. The number of amides is 1. The molecule has 3 heterocycles. The zero-order valence-electron chi connectivity index (χ0n) is 25.7. The Balaban J connectivity index is 1.61. The lowest BCUT2D eigenvalue weighted by Gasteiger charge is -2.40. The third-order valence-corrected chi connectivity index (χ3v) is 9.09. The van der Waals surface area contributed by atoms with Crippen molar-refractivity contribution < 1.29 is 33.6 Å². The number of carboxylic acid groups (broad SMARTS) is 1. The molecule has 9 nitrogen and oxygen atoms in total. The average Bonchev–Trinajstić information content (AvgIpc) is 3.32. The summed E-state index contributed by atoms with van der Waals surface area (Å²) in [6.07, 6.45) is 8.10. The van der Waals surface area contributed by atoms with E-state index in [2.05, 4.69) is 39.1 Å². The number of rotatable bonds is 13. The van der Waals surface area contributed by atoms with Gasteiger partial charge in [0.1, 0.15) is 6.10 Å². The van der Waals surface area contributed by atoms with Crippen molar-refractivity contribution in [2.24, 2.45) is 17.8 Å². The highest BCUT2D eigenvalue weighted by Gasteiger charge is 2.56. The van der Waals surface area contributed by atoms with Gasteiger partial charge in [-0.2, -0.15) is 0 Å². The Kier molecular flexibility index (Phi) is 11.6. The molecule has 0 aromatic carbocycles. The summed E-state index contributed by atoms with van der Waals surface area (Å²) in [7, 11) is 3.66. The number of methoxy groups -OCH3 is 1. The molecule has 228 valence electrons. The predicted octanol–water partition coefficient (Wildman–Crippen LogP) is 4.80. The first-order chi connectivity index (χ1) is 18.9. The van der Waals surface area contributed by atoms with E-state index in [1.165, 1.54) is 0 Å². The Bertz CT molecular complexity index is 919. The smallest absolute Gasteiger partial charge is 0.410 e. The molecule has 3 saturated heterocycles. The highest BCUT2D eigenvalue weighted by atomic mass is 16.6. The molecule has 0 aromatic heterocycles. The Morgan fingerprint density at radius 3 is 2.62 bits per heavy atom. The third-order valence-electron chi connectivity index (χ3n) is 9.09. The summed E-state index contributed by atoms with van der Waals surface area (Å²) in [6.45, 7) is 14.0. The number of nitrogens with zero attached hydrogens (tertiary/aromatic N) is 1. The van der Waals surface area contributed by atoms with Gasteiger partial charge in [-0.05, 0) is 51.6 Å². The van der Waals surface area contributed by atoms with Crippen LogP contribution in [0.5, 0.6) is 0 Å². The van der Waals surface area contributed by atoms with Crippen LogP contribution in [0.1, 0.15) is 73.6 Å². The van der Waals surface area contributed by atoms with Crippen LogP contribution in [0.2, 0.25) is 0 Å². The molecule has 1 amide bonds. The molecular formula is C31H52N2O7. The van der Waals surface area contributed by atoms with E-state index in [9.17, 15) is 14.7 Å². The molecule has 2 N–H and O–H groups in total. The molecular weight excluding hydrogens is 512 g/mol. The zero-order valence-corrected chi connectivity index (χ0v) is 25.7. The monoisotopic (exact) mass is 564 g/mol. The summed E-state index contributed by atoms with van der Waals surface area (Å²) in [4.78, 5) is 26.1. The molecule has 0 radical (unpaired) electrons. The lowest BCUT2D eigenvalue weighted by atomic mass is 9.85. The number of hydrogen-bond donors (Lipinski definition) is 2. The fraction of sp³-hybridized carbons (Fsp3) is 0.806. The van der Waals surface area contributed by atoms with Crippen molar-refractivity contribution in [3.8, 4) is 0 Å². The highest BCUT2D eigenvalue weighted by molar-refractivity contribution is 5.68. The van der Waals surface area contributed by atoms with E-state index in [1.807, 2.05) is 33.0 Å². The van der Waals surface area contributed by atoms with E-state index in [1.54, 1.807) is 12.0 Å². The van der Waals surface area contributed by atoms with Gasteiger partial charge in [-0.1, -0.05) is 45.9 Å². The van der Waals surface area contributed by atoms with Gasteiger partial charge in [-0.15, -0.1) is 0 Å². The second-order valence-corrected chi connectivity index (χ2v) is 12.4. The molecule has 3 aliphatic rings. The van der Waals surface area contributed by atoms with E-state index >= 15 is 0 Å². The molecule has 9 heteroatoms. The van der Waals surface area contributed by atoms with Crippen molar-refractivity contribution in [3.63, 3.8) is 0 Å². The largest absolute Gasteiger partial charge is 0.481 e. The molecule has 3 rings (SSSR count). The van der Waals surface area contributed by atoms with E-state index in [-0.39, 0.29) is 48.4 Å². The molecule has 0 saturated carbocycles. The van der Waals surface area contributed by atoms with Gasteiger partial charge in [0.25, 0.3) is 0 Å². The molecule has 3 fully saturated rings. The second-order valence-electron chi connectivity index (χ2n) is 12.4. The Labute approximate surface area is 240 Å². The maximum atomic E-state index is 12.9. The minimum absolute atomic E-state index is 0.105. The van der Waals surface area contributed by atoms with Crippen LogP contribution < -0.4 is 5.32 Å². The van der Waals surface area contributed by atoms with Crippen molar-refractivity contribution in [1.82, 2.24) is 10.2 Å². The molecule has 40 heavy (non-hydrogen) atoms. The van der Waals surface area contributed by atoms with Gasteiger partial charge in [0.15, 0.2) is 0 Å². The van der Waals surface area contributed by atoms with Crippen LogP contribution in [0, 0.1) is 17.8 Å². The van der Waals surface area contributed by atoms with Crippen LogP contribution in [-0.4, -0.2) is 91.5 Å². The maximum Gasteiger partial charge on any atom is 0.410 e. The number of carboxylic acids is 1. The fourth-order valence-corrected chi connectivity index (χ4v) is 6.66. The molecule has 0 aromatic rings. The molecule has 10 atom stereocenters. The van der Waals surface area contributed by atoms with Crippen molar-refractivity contribution >= 4 is 12.1 Å². The third kappa shape index (κ3) is 8.30. The molecule has 0 spiro atoms. The summed E-state index contributed by atoms with van der Waals surface area (Å²) in [5.74, 6) is -0.366. The number of likely N-dealkylation sites (tertiary alicyclic amines) is 1. The number of epoxide rings is 1. The number of likely N-dealkylation sites (N-methyl/N-ethyl adjacent to an activating group) is 1. The van der Waals surface area contributed by atoms with Gasteiger partial charge < -0.3 is 34.3 Å². The molecule has 3 aliphatic heterocycles. The fourth-order valence-electron chi connectivity index (χ4n) is 6.66. The first kappa shape index (κ1) is 32.6. The Morgan fingerprint density at radius 1 is 1.30 bits per heavy atom. The number of ether oxygens (including phenoxy) is 4. The van der Waals surface area contributed by atoms with Crippen LogP contribution in [0.15, 0.2) is 23.8 Å². The average molecular weight is 565 g/mol. The highest BCUT2D eigenvalue weighted by Crippen LogP contribution is 2.47. The molecule has 0 aliphatic carbocycles. The quantitative estimate of drug-likeness (QED) is 0.243. The van der Waals surface area contributed by atoms with Crippen LogP contribution in [-0.2, 0) is 23.7 Å². The van der Waals surface area contributed by atoms with E-state index in [4.69, 9.17) is 18.9 Å². The number of hydrogen-bond acceptors (Lipinski definition) is 7. The number of nitrogens with one attached hydrogen (secondary N) is 1. The van der Waals surface area contributed by atoms with Crippen LogP contribution in [0.25, 0.3) is 0 Å². The van der Waals surface area contributed by atoms with Crippen LogP contribution >= 0.6 is 0 Å². The van der Waals surface area contributed by atoms with E-state index in [0.717, 1.165) is 24.8 Å². The summed E-state index contributed by atoms with van der Waals surface area (Å²) in [5.41, 5.74) is 0.841. The van der Waals surface area contributed by atoms with Gasteiger partial charge in [-0.25, -0.2) is 4.79 Å². The molecule has 0 bridgehead atoms. The number of aliphatic carboxylic acids is 1. The SMILES string of the molecule is CC[C@H](OC)[C@@H](C)[C@H]1O[C@]1(C)C[C@H](C)/C=C/C=C(\C)[C@H]1O[C@@H](CC(=O)O)C[C@@H](OC(=O)N2CCC(NC)C2)[C@@H]1C. The van der Waals surface area contributed by atoms with Gasteiger partial charge in [0.2, 0.25) is 0 Å². The lowest BCUT2D eigenvalue weighted by Crippen LogP contribution is -2.47. The Hall–Kier alpha value is -1.94. The van der Waals surface area contributed by atoms with Crippen LogP contribution in [0.3, 0.4) is 0 Å². The number of carbonyl (C=O) groups excluding carboxylic acids is 1. The Morgan fingerprint density at radius 2 is 2.02 bits per heavy atom. The first-order valence-corrected chi connectivity index (χ1v) is 15.0. The minimum Gasteiger partial charge on any atom is -0.481 e. The number of carbonyl (C=O) groups is 2. The van der Waals surface area contributed by atoms with Gasteiger partial charge in [0, 0.05) is 44.5 Å². The molecule has 1 unspecified atom stereocenters. The first-order valence-electron chi connectivity index (χ1n) is 15.0. The standard InChI is InChI=1S/C31H52N2O7/c1-9-25(37-8)22(5)29-31(6,40-29)17-19(2)11-10-12-20(3)28-21(4)26(15-24(38-28)16-27(34)35)39-30(36)33-14-13-23(18-33)32-7/h10-12,19,21-26,28-29,32H,9,13-18H2,1-8H3,(H,34,35)/b11-10+,20-12+/t19-,21+,22-,23?,24-,25+,26-,28-,29-,31-/m1/s1. The van der Waals surface area contributed by atoms with E-state index in [0.29, 0.717) is 31.3 Å². The van der Waals surface area contributed by atoms with Gasteiger partial charge in [0.05, 0.1) is 36.4 Å². The summed E-state index contributed by atoms with van der Waals surface area (Å²) < 4.78 is 24.0. The van der Waals surface area contributed by atoms with Crippen molar-refractivity contribution in [2.45, 2.75) is 116 Å². The lowest BCUT2D eigenvalue weighted by molar-refractivity contribution is -0.151. The second kappa shape index (κ2) is 14.3. The van der Waals surface area contributed by atoms with Gasteiger partial charge >= 0.3 is 12.1 Å². The van der Waals surface area contributed by atoms with Crippen molar-refractivity contribution in [1.29, 1.82) is 0 Å². The zero-order chi connectivity index (χ0) is 29.6. The van der Waals surface area contributed by atoms with E-state index < -0.39 is 18.2 Å². The summed E-state index contributed by atoms with van der Waals surface area (Å²) in [5, 5.41) is 12.6. The van der Waals surface area contributed by atoms with Gasteiger partial charge in [-0.3, -0.25) is 4.79 Å². The topological polar surface area (TPSA) is 110 Å². The summed E-state index contributed by atoms with van der Waals surface area (Å²) >= 11 is 0. The van der Waals surface area contributed by atoms with Crippen molar-refractivity contribution in [3.05, 3.63) is 23.8 Å². The number of allylic oxidation sites excluding steroid dienone is 3. The predicted molar refractivity (Wildman–Crippen MR) is 154 cm³/mol. The normalized spacial score (nSPS) is 35.0. The maximum absolute atomic E-state index is 12.9.